The molecule has 0 amide bonds. The Kier molecular flexibility index (Phi) is 6.71. The molecule has 4 rings (SSSR count). The van der Waals surface area contributed by atoms with Crippen molar-refractivity contribution in [3.63, 3.8) is 0 Å². The van der Waals surface area contributed by atoms with Crippen molar-refractivity contribution in [3.05, 3.63) is 102 Å². The van der Waals surface area contributed by atoms with Crippen molar-refractivity contribution in [2.75, 3.05) is 12.4 Å². The predicted octanol–water partition coefficient (Wildman–Crippen LogP) is 4.63. The molecule has 1 atom stereocenters. The summed E-state index contributed by atoms with van der Waals surface area (Å²) in [7, 11) is 1.25. The number of halogens is 1. The number of methoxy groups -OCH3 is 1. The lowest BCUT2D eigenvalue weighted by Gasteiger charge is -2.28. The number of thioether (sulfide) groups is 1. The zero-order chi connectivity index (χ0) is 24.4. The van der Waals surface area contributed by atoms with Crippen molar-refractivity contribution in [2.24, 2.45) is 0 Å². The number of carbonyl (C=O) groups excluding carboxylic acids is 1. The van der Waals surface area contributed by atoms with Gasteiger partial charge in [0, 0.05) is 28.6 Å². The first-order valence-corrected chi connectivity index (χ1v) is 11.5. The summed E-state index contributed by atoms with van der Waals surface area (Å²) in [5.41, 5.74) is 1.82. The Bertz CT molecular complexity index is 1370. The molecule has 11 heteroatoms. The third kappa shape index (κ3) is 4.55. The van der Waals surface area contributed by atoms with E-state index in [0.29, 0.717) is 33.0 Å². The predicted molar refractivity (Wildman–Crippen MR) is 129 cm³/mol. The Balaban J connectivity index is 1.77. The number of esters is 1. The fourth-order valence-corrected chi connectivity index (χ4v) is 4.91. The van der Waals surface area contributed by atoms with Crippen molar-refractivity contribution < 1.29 is 14.5 Å². The normalized spacial score (nSPS) is 14.9. The van der Waals surface area contributed by atoms with E-state index in [9.17, 15) is 19.7 Å². The number of nitrogens with zero attached hydrogens (tertiary/aromatic N) is 2. The molecule has 2 heterocycles. The molecule has 0 fully saturated rings. The van der Waals surface area contributed by atoms with Gasteiger partial charge >= 0.3 is 5.97 Å². The van der Waals surface area contributed by atoms with E-state index in [-0.39, 0.29) is 16.8 Å². The summed E-state index contributed by atoms with van der Waals surface area (Å²) in [6, 6.07) is 13.1. The van der Waals surface area contributed by atoms with Gasteiger partial charge in [-0.1, -0.05) is 53.7 Å². The summed E-state index contributed by atoms with van der Waals surface area (Å²) in [4.78, 5) is 43.8. The lowest BCUT2D eigenvalue weighted by Crippen LogP contribution is -2.31. The number of anilines is 1. The Morgan fingerprint density at radius 3 is 2.59 bits per heavy atom. The maximum absolute atomic E-state index is 13.2. The van der Waals surface area contributed by atoms with Crippen LogP contribution in [-0.2, 0) is 15.3 Å². The molecule has 0 aliphatic carbocycles. The van der Waals surface area contributed by atoms with Crippen LogP contribution >= 0.6 is 23.4 Å². The summed E-state index contributed by atoms with van der Waals surface area (Å²) in [5.74, 6) is -0.632. The minimum absolute atomic E-state index is 0.100. The van der Waals surface area contributed by atoms with Gasteiger partial charge in [0.25, 0.3) is 11.2 Å². The highest BCUT2D eigenvalue weighted by Crippen LogP contribution is 2.40. The molecule has 1 aromatic heterocycles. The molecular formula is C23H19ClN4O5S. The molecule has 0 bridgehead atoms. The van der Waals surface area contributed by atoms with Crippen molar-refractivity contribution in [2.45, 2.75) is 23.8 Å². The highest BCUT2D eigenvalue weighted by Gasteiger charge is 2.36. The highest BCUT2D eigenvalue weighted by molar-refractivity contribution is 7.98. The molecule has 0 spiro atoms. The Labute approximate surface area is 203 Å². The number of ether oxygens (including phenoxy) is 1. The van der Waals surface area contributed by atoms with E-state index in [1.54, 1.807) is 13.0 Å². The van der Waals surface area contributed by atoms with Crippen molar-refractivity contribution in [1.82, 2.24) is 9.97 Å². The van der Waals surface area contributed by atoms with Gasteiger partial charge in [-0.15, -0.1) is 0 Å². The number of carbonyl (C=O) groups is 1. The van der Waals surface area contributed by atoms with Crippen molar-refractivity contribution in [1.29, 1.82) is 0 Å². The highest BCUT2D eigenvalue weighted by atomic mass is 35.5. The topological polar surface area (TPSA) is 127 Å². The number of hydrogen-bond acceptors (Lipinski definition) is 8. The largest absolute Gasteiger partial charge is 0.466 e. The number of fused-ring (bicyclic) bond motifs is 1. The first-order chi connectivity index (χ1) is 16.3. The number of nitro benzene ring substituents is 1. The molecule has 34 heavy (non-hydrogen) atoms. The molecular weight excluding hydrogens is 480 g/mol. The second-order valence-corrected chi connectivity index (χ2v) is 8.82. The number of nitro groups is 1. The van der Waals surface area contributed by atoms with Gasteiger partial charge in [0.2, 0.25) is 0 Å². The third-order valence-electron chi connectivity index (χ3n) is 5.39. The van der Waals surface area contributed by atoms with Crippen LogP contribution in [0.4, 0.5) is 11.5 Å². The van der Waals surface area contributed by atoms with Crippen LogP contribution in [0, 0.1) is 10.1 Å². The van der Waals surface area contributed by atoms with Gasteiger partial charge in [-0.05, 0) is 24.1 Å². The molecule has 9 nitrogen and oxygen atoms in total. The molecule has 174 valence electrons. The molecule has 0 radical (unpaired) electrons. The number of aromatic nitrogens is 2. The Morgan fingerprint density at radius 1 is 1.24 bits per heavy atom. The van der Waals surface area contributed by atoms with Crippen LogP contribution in [0.3, 0.4) is 0 Å². The third-order valence-corrected chi connectivity index (χ3v) is 6.68. The van der Waals surface area contributed by atoms with Gasteiger partial charge in [-0.3, -0.25) is 14.9 Å². The first kappa shape index (κ1) is 23.5. The first-order valence-electron chi connectivity index (χ1n) is 10.1. The standard InChI is InChI=1S/C23H19ClN4O5S/c1-12-17(22(30)33-2)18(13-7-9-15(10-8-13)28(31)32)19-20(25-12)26-23(27-21(19)29)34-11-14-5-3-4-6-16(14)24/h3-10,18H,11H2,1-2H3,(H2,25,26,27,29)/t18-/m1/s1. The van der Waals surface area contributed by atoms with Gasteiger partial charge in [0.1, 0.15) is 5.82 Å². The monoisotopic (exact) mass is 498 g/mol. The second kappa shape index (κ2) is 9.70. The average Bonchev–Trinajstić information content (AvgIpc) is 2.82. The van der Waals surface area contributed by atoms with Crippen molar-refractivity contribution >= 4 is 40.8 Å². The number of nitrogens with one attached hydrogen (secondary N) is 2. The minimum atomic E-state index is -0.816. The zero-order valence-corrected chi connectivity index (χ0v) is 19.7. The number of H-pyrrole nitrogens is 1. The average molecular weight is 499 g/mol. The second-order valence-electron chi connectivity index (χ2n) is 7.45. The summed E-state index contributed by atoms with van der Waals surface area (Å²) < 4.78 is 4.96. The van der Waals surface area contributed by atoms with Gasteiger partial charge < -0.3 is 15.0 Å². The Morgan fingerprint density at radius 2 is 1.94 bits per heavy atom. The summed E-state index contributed by atoms with van der Waals surface area (Å²) in [5, 5.41) is 15.1. The van der Waals surface area contributed by atoms with Crippen LogP contribution in [0.15, 0.2) is 69.8 Å². The van der Waals surface area contributed by atoms with E-state index >= 15 is 0 Å². The van der Waals surface area contributed by atoms with E-state index in [4.69, 9.17) is 16.3 Å². The molecule has 0 saturated heterocycles. The van der Waals surface area contributed by atoms with E-state index < -0.39 is 22.4 Å². The zero-order valence-electron chi connectivity index (χ0n) is 18.1. The van der Waals surface area contributed by atoms with Crippen LogP contribution in [0.5, 0.6) is 0 Å². The van der Waals surface area contributed by atoms with Crippen molar-refractivity contribution in [3.8, 4) is 0 Å². The number of aromatic amines is 1. The van der Waals surface area contributed by atoms with Gasteiger partial charge in [-0.2, -0.15) is 0 Å². The van der Waals surface area contributed by atoms with Crippen LogP contribution in [-0.4, -0.2) is 28.0 Å². The fraction of sp³-hybridized carbons (Fsp3) is 0.174. The molecule has 3 aromatic rings. The summed E-state index contributed by atoms with van der Waals surface area (Å²) in [6.45, 7) is 1.69. The smallest absolute Gasteiger partial charge is 0.336 e. The van der Waals surface area contributed by atoms with Crippen LogP contribution in [0.1, 0.15) is 29.5 Å². The van der Waals surface area contributed by atoms with Crippen LogP contribution in [0.25, 0.3) is 0 Å². The number of benzene rings is 2. The quantitative estimate of drug-likeness (QED) is 0.165. The fourth-order valence-electron chi connectivity index (χ4n) is 3.76. The maximum atomic E-state index is 13.2. The summed E-state index contributed by atoms with van der Waals surface area (Å²) in [6.07, 6.45) is 0. The lowest BCUT2D eigenvalue weighted by atomic mass is 9.82. The van der Waals surface area contributed by atoms with Crippen LogP contribution < -0.4 is 10.9 Å². The number of hydrogen-bond donors (Lipinski definition) is 2. The molecule has 1 aliphatic rings. The van der Waals surface area contributed by atoms with Gasteiger partial charge in [0.05, 0.1) is 29.1 Å². The van der Waals surface area contributed by atoms with Gasteiger partial charge in [0.15, 0.2) is 5.16 Å². The molecule has 1 aliphatic heterocycles. The molecule has 0 unspecified atom stereocenters. The molecule has 2 aromatic carbocycles. The van der Waals surface area contributed by atoms with E-state index in [1.807, 2.05) is 18.2 Å². The van der Waals surface area contributed by atoms with E-state index in [0.717, 1.165) is 5.56 Å². The van der Waals surface area contributed by atoms with Gasteiger partial charge in [-0.25, -0.2) is 9.78 Å². The molecule has 2 N–H and O–H groups in total. The van der Waals surface area contributed by atoms with E-state index in [1.165, 1.54) is 43.1 Å². The SMILES string of the molecule is COC(=O)C1=C(C)Nc2nc(SCc3ccccc3Cl)[nH]c(=O)c2[C@@H]1c1ccc([N+](=O)[O-])cc1. The number of rotatable bonds is 6. The van der Waals surface area contributed by atoms with E-state index in [2.05, 4.69) is 15.3 Å². The summed E-state index contributed by atoms with van der Waals surface area (Å²) >= 11 is 7.54. The minimum Gasteiger partial charge on any atom is -0.466 e. The maximum Gasteiger partial charge on any atom is 0.336 e. The molecule has 0 saturated carbocycles. The Hall–Kier alpha value is -3.63. The lowest BCUT2D eigenvalue weighted by molar-refractivity contribution is -0.384. The number of allylic oxidation sites excluding steroid dienone is 1. The van der Waals surface area contributed by atoms with Crippen LogP contribution in [0.2, 0.25) is 5.02 Å². The number of non-ortho nitro benzene ring substituents is 1.